The molecule has 0 unspecified atom stereocenters. The molecule has 0 N–H and O–H groups in total. The van der Waals surface area contributed by atoms with Crippen LogP contribution in [-0.4, -0.2) is 9.55 Å². The maximum atomic E-state index is 5.00. The molecule has 0 aliphatic rings. The molecule has 0 amide bonds. The summed E-state index contributed by atoms with van der Waals surface area (Å²) in [5, 5.41) is 2.41. The van der Waals surface area contributed by atoms with Gasteiger partial charge in [0.2, 0.25) is 0 Å². The molecule has 0 saturated heterocycles. The Morgan fingerprint density at radius 3 is 2.45 bits per heavy atom. The molecule has 160 valence electrons. The van der Waals surface area contributed by atoms with Crippen molar-refractivity contribution in [3.63, 3.8) is 0 Å². The largest absolute Gasteiger partial charge is 0.292 e. The lowest BCUT2D eigenvalue weighted by Crippen LogP contribution is -1.99. The van der Waals surface area contributed by atoms with Crippen molar-refractivity contribution >= 4 is 27.4 Å². The maximum absolute atomic E-state index is 5.00. The quantitative estimate of drug-likeness (QED) is 0.258. The number of para-hydroxylation sites is 2. The average molecular weight is 427 g/mol. The number of hydrogen-bond donors (Lipinski definition) is 0. The zero-order valence-electron chi connectivity index (χ0n) is 19.0. The number of fused-ring (bicyclic) bond motifs is 2. The van der Waals surface area contributed by atoms with Crippen molar-refractivity contribution < 1.29 is 0 Å². The van der Waals surface area contributed by atoms with Crippen molar-refractivity contribution in [2.45, 2.75) is 13.8 Å². The minimum Gasteiger partial charge on any atom is -0.292 e. The zero-order valence-corrected chi connectivity index (χ0v) is 19.0. The molecule has 0 aliphatic heterocycles. The van der Waals surface area contributed by atoms with Crippen molar-refractivity contribution in [3.05, 3.63) is 127 Å². The highest BCUT2D eigenvalue weighted by atomic mass is 15.1. The summed E-state index contributed by atoms with van der Waals surface area (Å²) >= 11 is 0. The first-order chi connectivity index (χ1) is 16.2. The molecule has 1 aromatic heterocycles. The molecule has 0 atom stereocenters. The summed E-state index contributed by atoms with van der Waals surface area (Å²) in [5.41, 5.74) is 7.98. The smallest absolute Gasteiger partial charge is 0.145 e. The summed E-state index contributed by atoms with van der Waals surface area (Å²) in [5.74, 6) is 0.953. The van der Waals surface area contributed by atoms with Crippen LogP contribution in [0.4, 0.5) is 0 Å². The van der Waals surface area contributed by atoms with Gasteiger partial charge in [0.1, 0.15) is 5.82 Å². The number of allylic oxidation sites excluding steroid dienone is 5. The Morgan fingerprint density at radius 2 is 1.64 bits per heavy atom. The van der Waals surface area contributed by atoms with Crippen molar-refractivity contribution in [2.75, 3.05) is 0 Å². The van der Waals surface area contributed by atoms with Crippen molar-refractivity contribution in [3.8, 4) is 17.1 Å². The summed E-state index contributed by atoms with van der Waals surface area (Å²) in [6, 6.07) is 31.9. The Bertz CT molecular complexity index is 1530. The number of benzene rings is 4. The van der Waals surface area contributed by atoms with E-state index < -0.39 is 0 Å². The van der Waals surface area contributed by atoms with E-state index >= 15 is 0 Å². The Hall–Kier alpha value is -4.17. The SMILES string of the molecule is C=C/C=C(C)/C=C(\C)c1ccc2c(-n3c(-c4ccccc4)nc4ccccc43)cccc2c1. The maximum Gasteiger partial charge on any atom is 0.145 e. The van der Waals surface area contributed by atoms with E-state index in [0.717, 1.165) is 28.1 Å². The summed E-state index contributed by atoms with van der Waals surface area (Å²) in [4.78, 5) is 5.00. The van der Waals surface area contributed by atoms with Crippen molar-refractivity contribution in [1.29, 1.82) is 0 Å². The zero-order chi connectivity index (χ0) is 22.8. The molecule has 0 spiro atoms. The Balaban J connectivity index is 1.72. The van der Waals surface area contributed by atoms with Gasteiger partial charge in [-0.15, -0.1) is 0 Å². The minimum atomic E-state index is 0.953. The third kappa shape index (κ3) is 3.92. The van der Waals surface area contributed by atoms with E-state index in [0.29, 0.717) is 0 Å². The molecular formula is C31H26N2. The summed E-state index contributed by atoms with van der Waals surface area (Å²) in [6.07, 6.45) is 6.05. The monoisotopic (exact) mass is 426 g/mol. The standard InChI is InChI=1S/C31H26N2/c1-4-11-22(2)20-23(3)25-18-19-27-26(21-25)14-10-17-29(27)33-30-16-9-8-15-28(30)32-31(33)24-12-6-5-7-13-24/h4-21H,1H2,2-3H3/b22-11+,23-20+. The molecule has 0 radical (unpaired) electrons. The van der Waals surface area contributed by atoms with Crippen LogP contribution in [0.2, 0.25) is 0 Å². The predicted molar refractivity (Wildman–Crippen MR) is 142 cm³/mol. The third-order valence-electron chi connectivity index (χ3n) is 5.97. The highest BCUT2D eigenvalue weighted by Gasteiger charge is 2.16. The number of imidazole rings is 1. The fourth-order valence-electron chi connectivity index (χ4n) is 4.42. The average Bonchev–Trinajstić information content (AvgIpc) is 3.23. The summed E-state index contributed by atoms with van der Waals surface area (Å²) in [6.45, 7) is 8.05. The second kappa shape index (κ2) is 8.76. The molecule has 5 aromatic rings. The van der Waals surface area contributed by atoms with Crippen LogP contribution in [0.5, 0.6) is 0 Å². The molecule has 4 aromatic carbocycles. The highest BCUT2D eigenvalue weighted by Crippen LogP contribution is 2.33. The van der Waals surface area contributed by atoms with Crippen LogP contribution < -0.4 is 0 Å². The molecule has 0 aliphatic carbocycles. The third-order valence-corrected chi connectivity index (χ3v) is 5.97. The summed E-state index contributed by atoms with van der Waals surface area (Å²) < 4.78 is 2.28. The van der Waals surface area contributed by atoms with E-state index in [9.17, 15) is 0 Å². The van der Waals surface area contributed by atoms with Gasteiger partial charge in [-0.2, -0.15) is 0 Å². The first-order valence-corrected chi connectivity index (χ1v) is 11.2. The summed E-state index contributed by atoms with van der Waals surface area (Å²) in [7, 11) is 0. The van der Waals surface area contributed by atoms with Gasteiger partial charge in [-0.05, 0) is 54.6 Å². The fourth-order valence-corrected chi connectivity index (χ4v) is 4.42. The second-order valence-electron chi connectivity index (χ2n) is 8.31. The Morgan fingerprint density at radius 1 is 0.848 bits per heavy atom. The number of aromatic nitrogens is 2. The van der Waals surface area contributed by atoms with E-state index in [1.807, 2.05) is 24.3 Å². The van der Waals surface area contributed by atoms with Crippen LogP contribution in [0.15, 0.2) is 121 Å². The van der Waals surface area contributed by atoms with Crippen LogP contribution in [0.25, 0.3) is 44.5 Å². The molecular weight excluding hydrogens is 400 g/mol. The normalized spacial score (nSPS) is 12.4. The molecule has 1 heterocycles. The Labute approximate surface area is 194 Å². The van der Waals surface area contributed by atoms with Crippen molar-refractivity contribution in [2.24, 2.45) is 0 Å². The first-order valence-electron chi connectivity index (χ1n) is 11.2. The van der Waals surface area contributed by atoms with Gasteiger partial charge in [0.25, 0.3) is 0 Å². The molecule has 33 heavy (non-hydrogen) atoms. The molecule has 0 saturated carbocycles. The number of hydrogen-bond acceptors (Lipinski definition) is 1. The predicted octanol–water partition coefficient (Wildman–Crippen LogP) is 8.38. The van der Waals surface area contributed by atoms with Crippen LogP contribution in [0, 0.1) is 0 Å². The lowest BCUT2D eigenvalue weighted by atomic mass is 9.99. The van der Waals surface area contributed by atoms with Crippen LogP contribution >= 0.6 is 0 Å². The van der Waals surface area contributed by atoms with Crippen LogP contribution in [-0.2, 0) is 0 Å². The minimum absolute atomic E-state index is 0.953. The van der Waals surface area contributed by atoms with Crippen LogP contribution in [0.1, 0.15) is 19.4 Å². The first kappa shape index (κ1) is 20.7. The lowest BCUT2D eigenvalue weighted by molar-refractivity contribution is 1.11. The van der Waals surface area contributed by atoms with Gasteiger partial charge < -0.3 is 0 Å². The fraction of sp³-hybridized carbons (Fsp3) is 0.0645. The molecule has 0 bridgehead atoms. The van der Waals surface area contributed by atoms with E-state index in [-0.39, 0.29) is 0 Å². The molecule has 2 nitrogen and oxygen atoms in total. The number of nitrogens with zero attached hydrogens (tertiary/aromatic N) is 2. The van der Waals surface area contributed by atoms with Gasteiger partial charge in [0.15, 0.2) is 0 Å². The van der Waals surface area contributed by atoms with E-state index in [4.69, 9.17) is 4.98 Å². The lowest BCUT2D eigenvalue weighted by Gasteiger charge is -2.14. The number of rotatable bonds is 5. The molecule has 5 rings (SSSR count). The van der Waals surface area contributed by atoms with E-state index in [1.165, 1.54) is 27.5 Å². The topological polar surface area (TPSA) is 17.8 Å². The molecule has 2 heteroatoms. The Kier molecular flexibility index (Phi) is 5.50. The van der Waals surface area contributed by atoms with Gasteiger partial charge in [-0.25, -0.2) is 4.98 Å². The van der Waals surface area contributed by atoms with Crippen molar-refractivity contribution in [1.82, 2.24) is 9.55 Å². The van der Waals surface area contributed by atoms with Gasteiger partial charge in [-0.1, -0.05) is 97.1 Å². The van der Waals surface area contributed by atoms with Gasteiger partial charge in [0.05, 0.1) is 16.7 Å². The van der Waals surface area contributed by atoms with Gasteiger partial charge >= 0.3 is 0 Å². The van der Waals surface area contributed by atoms with Crippen LogP contribution in [0.3, 0.4) is 0 Å². The van der Waals surface area contributed by atoms with E-state index in [1.54, 1.807) is 0 Å². The van der Waals surface area contributed by atoms with Gasteiger partial charge in [0, 0.05) is 10.9 Å². The molecule has 0 fully saturated rings. The van der Waals surface area contributed by atoms with E-state index in [2.05, 4.69) is 110 Å². The van der Waals surface area contributed by atoms with Gasteiger partial charge in [-0.3, -0.25) is 4.57 Å². The highest BCUT2D eigenvalue weighted by molar-refractivity contribution is 5.95. The second-order valence-corrected chi connectivity index (χ2v) is 8.31.